The molecule has 0 unspecified atom stereocenters. The highest BCUT2D eigenvalue weighted by molar-refractivity contribution is 7.89. The van der Waals surface area contributed by atoms with E-state index in [4.69, 9.17) is 5.14 Å². The van der Waals surface area contributed by atoms with E-state index in [9.17, 15) is 8.42 Å². The maximum absolute atomic E-state index is 11.3. The standard InChI is InChI=1S/C12H17N3O2S/c1-4-15-11-6-5-9(18(13,16)17)7-10(11)14-12(15)8(2)3/h5-8H,4H2,1-3H3,(H2,13,16,17). The normalized spacial score (nSPS) is 12.5. The van der Waals surface area contributed by atoms with E-state index in [1.165, 1.54) is 12.1 Å². The predicted molar refractivity (Wildman–Crippen MR) is 70.9 cm³/mol. The van der Waals surface area contributed by atoms with E-state index in [0.717, 1.165) is 17.9 Å². The summed E-state index contributed by atoms with van der Waals surface area (Å²) in [6.07, 6.45) is 0. The summed E-state index contributed by atoms with van der Waals surface area (Å²) in [5, 5.41) is 5.12. The third kappa shape index (κ3) is 2.13. The third-order valence-electron chi connectivity index (χ3n) is 2.91. The quantitative estimate of drug-likeness (QED) is 0.921. The SMILES string of the molecule is CCn1c(C(C)C)nc2cc(S(N)(=O)=O)ccc21. The number of primary sulfonamides is 1. The fourth-order valence-corrected chi connectivity index (χ4v) is 2.61. The van der Waals surface area contributed by atoms with Crippen LogP contribution >= 0.6 is 0 Å². The van der Waals surface area contributed by atoms with Gasteiger partial charge in [0.25, 0.3) is 0 Å². The number of fused-ring (bicyclic) bond motifs is 1. The van der Waals surface area contributed by atoms with Crippen molar-refractivity contribution in [1.82, 2.24) is 9.55 Å². The molecule has 1 aromatic heterocycles. The zero-order valence-electron chi connectivity index (χ0n) is 10.7. The Morgan fingerprint density at radius 2 is 2.06 bits per heavy atom. The van der Waals surface area contributed by atoms with Crippen molar-refractivity contribution >= 4 is 21.1 Å². The molecule has 18 heavy (non-hydrogen) atoms. The van der Waals surface area contributed by atoms with Gasteiger partial charge < -0.3 is 4.57 Å². The van der Waals surface area contributed by atoms with Gasteiger partial charge in [-0.05, 0) is 25.1 Å². The minimum Gasteiger partial charge on any atom is -0.328 e. The molecular formula is C12H17N3O2S. The van der Waals surface area contributed by atoms with Crippen LogP contribution < -0.4 is 5.14 Å². The van der Waals surface area contributed by atoms with Crippen LogP contribution in [0.3, 0.4) is 0 Å². The Kier molecular flexibility index (Phi) is 3.16. The number of hydrogen-bond acceptors (Lipinski definition) is 3. The van der Waals surface area contributed by atoms with Crippen molar-refractivity contribution in [2.75, 3.05) is 0 Å². The number of nitrogens with zero attached hydrogens (tertiary/aromatic N) is 2. The summed E-state index contributed by atoms with van der Waals surface area (Å²) in [7, 11) is -3.67. The van der Waals surface area contributed by atoms with Crippen LogP contribution in [0.5, 0.6) is 0 Å². The molecule has 2 N–H and O–H groups in total. The smallest absolute Gasteiger partial charge is 0.238 e. The summed E-state index contributed by atoms with van der Waals surface area (Å²) >= 11 is 0. The molecule has 2 aromatic rings. The van der Waals surface area contributed by atoms with Crippen LogP contribution in [0.15, 0.2) is 23.1 Å². The molecule has 0 fully saturated rings. The Morgan fingerprint density at radius 1 is 1.39 bits per heavy atom. The molecule has 0 bridgehead atoms. The van der Waals surface area contributed by atoms with Crippen molar-refractivity contribution in [3.05, 3.63) is 24.0 Å². The van der Waals surface area contributed by atoms with Crippen molar-refractivity contribution in [3.63, 3.8) is 0 Å². The molecule has 0 saturated carbocycles. The fraction of sp³-hybridized carbons (Fsp3) is 0.417. The van der Waals surface area contributed by atoms with E-state index in [0.29, 0.717) is 5.52 Å². The first-order chi connectivity index (χ1) is 8.34. The van der Waals surface area contributed by atoms with Crippen molar-refractivity contribution in [1.29, 1.82) is 0 Å². The van der Waals surface area contributed by atoms with Crippen LogP contribution in [0.4, 0.5) is 0 Å². The van der Waals surface area contributed by atoms with Crippen molar-refractivity contribution in [2.24, 2.45) is 5.14 Å². The van der Waals surface area contributed by atoms with Gasteiger partial charge >= 0.3 is 0 Å². The Labute approximate surface area is 107 Å². The number of imidazole rings is 1. The molecule has 0 saturated heterocycles. The summed E-state index contributed by atoms with van der Waals surface area (Å²) < 4.78 is 24.7. The van der Waals surface area contributed by atoms with Crippen LogP contribution in [0.1, 0.15) is 32.5 Å². The highest BCUT2D eigenvalue weighted by atomic mass is 32.2. The highest BCUT2D eigenvalue weighted by Crippen LogP contribution is 2.23. The molecule has 0 aliphatic rings. The van der Waals surface area contributed by atoms with Crippen LogP contribution in [-0.4, -0.2) is 18.0 Å². The van der Waals surface area contributed by atoms with Crippen molar-refractivity contribution in [3.8, 4) is 0 Å². The number of hydrogen-bond donors (Lipinski definition) is 1. The van der Waals surface area contributed by atoms with E-state index < -0.39 is 10.0 Å². The molecule has 5 nitrogen and oxygen atoms in total. The summed E-state index contributed by atoms with van der Waals surface area (Å²) in [4.78, 5) is 4.60. The molecule has 0 aliphatic carbocycles. The molecule has 0 atom stereocenters. The first-order valence-electron chi connectivity index (χ1n) is 5.87. The Morgan fingerprint density at radius 3 is 2.56 bits per heavy atom. The Hall–Kier alpha value is -1.40. The third-order valence-corrected chi connectivity index (χ3v) is 3.82. The molecular weight excluding hydrogens is 250 g/mol. The number of benzene rings is 1. The number of sulfonamides is 1. The summed E-state index contributed by atoms with van der Waals surface area (Å²) in [5.41, 5.74) is 1.61. The lowest BCUT2D eigenvalue weighted by atomic mass is 10.2. The summed E-state index contributed by atoms with van der Waals surface area (Å²) in [5.74, 6) is 1.24. The molecule has 0 spiro atoms. The maximum atomic E-state index is 11.3. The Bertz CT molecular complexity index is 687. The topological polar surface area (TPSA) is 78.0 Å². The van der Waals surface area contributed by atoms with Gasteiger partial charge in [0.05, 0.1) is 15.9 Å². The van der Waals surface area contributed by atoms with Crippen LogP contribution in [0.25, 0.3) is 11.0 Å². The lowest BCUT2D eigenvalue weighted by Gasteiger charge is -2.08. The van der Waals surface area contributed by atoms with E-state index >= 15 is 0 Å². The predicted octanol–water partition coefficient (Wildman–Crippen LogP) is 1.83. The minimum atomic E-state index is -3.67. The number of nitrogens with two attached hydrogens (primary N) is 1. The average molecular weight is 267 g/mol. The second-order valence-corrected chi connectivity index (χ2v) is 6.13. The average Bonchev–Trinajstić information content (AvgIpc) is 2.65. The van der Waals surface area contributed by atoms with Gasteiger partial charge in [-0.25, -0.2) is 18.5 Å². The number of rotatable bonds is 3. The van der Waals surface area contributed by atoms with Gasteiger partial charge in [-0.2, -0.15) is 0 Å². The number of aromatic nitrogens is 2. The lowest BCUT2D eigenvalue weighted by Crippen LogP contribution is -2.11. The second-order valence-electron chi connectivity index (χ2n) is 4.56. The highest BCUT2D eigenvalue weighted by Gasteiger charge is 2.15. The number of aryl methyl sites for hydroxylation is 1. The lowest BCUT2D eigenvalue weighted by molar-refractivity contribution is 0.598. The molecule has 1 aromatic carbocycles. The summed E-state index contributed by atoms with van der Waals surface area (Å²) in [6, 6.07) is 4.82. The largest absolute Gasteiger partial charge is 0.328 e. The van der Waals surface area contributed by atoms with Gasteiger partial charge in [-0.1, -0.05) is 13.8 Å². The van der Waals surface area contributed by atoms with Crippen LogP contribution in [0.2, 0.25) is 0 Å². The molecule has 6 heteroatoms. The second kappa shape index (κ2) is 4.37. The summed E-state index contributed by atoms with van der Waals surface area (Å²) in [6.45, 7) is 6.97. The fourth-order valence-electron chi connectivity index (χ4n) is 2.08. The molecule has 2 rings (SSSR count). The van der Waals surface area contributed by atoms with Crippen LogP contribution in [-0.2, 0) is 16.6 Å². The van der Waals surface area contributed by atoms with Gasteiger partial charge in [0.1, 0.15) is 5.82 Å². The zero-order valence-corrected chi connectivity index (χ0v) is 11.5. The minimum absolute atomic E-state index is 0.103. The van der Waals surface area contributed by atoms with Crippen molar-refractivity contribution < 1.29 is 8.42 Å². The zero-order chi connectivity index (χ0) is 13.5. The van der Waals surface area contributed by atoms with Gasteiger partial charge in [0, 0.05) is 12.5 Å². The molecule has 0 aliphatic heterocycles. The monoisotopic (exact) mass is 267 g/mol. The van der Waals surface area contributed by atoms with E-state index in [1.807, 2.05) is 6.92 Å². The van der Waals surface area contributed by atoms with Gasteiger partial charge in [0.2, 0.25) is 10.0 Å². The van der Waals surface area contributed by atoms with Gasteiger partial charge in [0.15, 0.2) is 0 Å². The molecule has 98 valence electrons. The van der Waals surface area contributed by atoms with Gasteiger partial charge in [-0.3, -0.25) is 0 Å². The molecule has 1 heterocycles. The molecule has 0 radical (unpaired) electrons. The van der Waals surface area contributed by atoms with Gasteiger partial charge in [-0.15, -0.1) is 0 Å². The van der Waals surface area contributed by atoms with E-state index in [-0.39, 0.29) is 10.8 Å². The van der Waals surface area contributed by atoms with E-state index in [2.05, 4.69) is 23.4 Å². The molecule has 0 amide bonds. The Balaban J connectivity index is 2.73. The van der Waals surface area contributed by atoms with E-state index in [1.54, 1.807) is 6.07 Å². The van der Waals surface area contributed by atoms with Crippen LogP contribution in [0, 0.1) is 0 Å². The van der Waals surface area contributed by atoms with Crippen molar-refractivity contribution in [2.45, 2.75) is 38.1 Å². The first-order valence-corrected chi connectivity index (χ1v) is 7.42. The maximum Gasteiger partial charge on any atom is 0.238 e. The first kappa shape index (κ1) is 13.0.